The first-order valence-electron chi connectivity index (χ1n) is 8.17. The van der Waals surface area contributed by atoms with Gasteiger partial charge in [0.1, 0.15) is 11.8 Å². The Hall–Kier alpha value is -1.86. The summed E-state index contributed by atoms with van der Waals surface area (Å²) in [6, 6.07) is 3.91. The van der Waals surface area contributed by atoms with Crippen LogP contribution in [-0.2, 0) is 16.1 Å². The summed E-state index contributed by atoms with van der Waals surface area (Å²) >= 11 is 0. The molecule has 3 rings (SSSR count). The molecule has 3 atom stereocenters. The van der Waals surface area contributed by atoms with Crippen molar-refractivity contribution in [2.75, 3.05) is 20.1 Å². The third-order valence-corrected chi connectivity index (χ3v) is 4.83. The summed E-state index contributed by atoms with van der Waals surface area (Å²) in [7, 11) is 2.05. The predicted octanol–water partition coefficient (Wildman–Crippen LogP) is -0.163. The summed E-state index contributed by atoms with van der Waals surface area (Å²) in [5, 5.41) is 9.10. The van der Waals surface area contributed by atoms with Crippen molar-refractivity contribution in [3.05, 3.63) is 24.2 Å². The first-order chi connectivity index (χ1) is 11.1. The van der Waals surface area contributed by atoms with Crippen LogP contribution in [0.25, 0.3) is 0 Å². The van der Waals surface area contributed by atoms with E-state index in [4.69, 9.17) is 4.42 Å². The van der Waals surface area contributed by atoms with Gasteiger partial charge in [0.2, 0.25) is 11.8 Å². The van der Waals surface area contributed by atoms with Crippen molar-refractivity contribution in [3.63, 3.8) is 0 Å². The molecular formula is C16H24N4O3. The third-order valence-electron chi connectivity index (χ3n) is 4.83. The second-order valence-electron chi connectivity index (χ2n) is 6.25. The van der Waals surface area contributed by atoms with Gasteiger partial charge in [-0.2, -0.15) is 0 Å². The average Bonchev–Trinajstić information content (AvgIpc) is 3.21. The molecular weight excluding hydrogens is 296 g/mol. The Labute approximate surface area is 135 Å². The topological polar surface area (TPSA) is 86.6 Å². The fourth-order valence-electron chi connectivity index (χ4n) is 3.43. The monoisotopic (exact) mass is 320 g/mol. The standard InChI is InChI=1S/C16H24N4O3/c1-20-11(9-19-16(22)15-13(20)6-7-17-15)4-5-14(21)18-10-12-3-2-8-23-12/h2-3,8,11,13,15,17H,4-7,9-10H2,1H3,(H,18,21)(H,19,22). The van der Waals surface area contributed by atoms with E-state index in [0.717, 1.165) is 25.1 Å². The summed E-state index contributed by atoms with van der Waals surface area (Å²) in [6.45, 7) is 1.87. The van der Waals surface area contributed by atoms with Crippen molar-refractivity contribution in [2.24, 2.45) is 0 Å². The largest absolute Gasteiger partial charge is 0.467 e. The van der Waals surface area contributed by atoms with E-state index in [2.05, 4.69) is 27.9 Å². The zero-order valence-corrected chi connectivity index (χ0v) is 13.4. The van der Waals surface area contributed by atoms with E-state index in [1.54, 1.807) is 12.3 Å². The lowest BCUT2D eigenvalue weighted by atomic mass is 10.0. The fraction of sp³-hybridized carbons (Fsp3) is 0.625. The molecule has 3 unspecified atom stereocenters. The minimum Gasteiger partial charge on any atom is -0.467 e. The van der Waals surface area contributed by atoms with Crippen molar-refractivity contribution in [3.8, 4) is 0 Å². The molecule has 2 amide bonds. The van der Waals surface area contributed by atoms with Gasteiger partial charge < -0.3 is 20.4 Å². The molecule has 3 N–H and O–H groups in total. The number of nitrogens with one attached hydrogen (secondary N) is 3. The summed E-state index contributed by atoms with van der Waals surface area (Å²) in [5.74, 6) is 0.827. The number of hydrogen-bond donors (Lipinski definition) is 3. The molecule has 0 aromatic carbocycles. The normalized spacial score (nSPS) is 28.0. The van der Waals surface area contributed by atoms with Gasteiger partial charge in [0, 0.05) is 25.0 Å². The maximum atomic E-state index is 12.1. The minimum absolute atomic E-state index is 0.00599. The minimum atomic E-state index is -0.127. The quantitative estimate of drug-likeness (QED) is 0.702. The lowest BCUT2D eigenvalue weighted by Crippen LogP contribution is -2.48. The third kappa shape index (κ3) is 3.73. The van der Waals surface area contributed by atoms with Crippen molar-refractivity contribution in [1.29, 1.82) is 0 Å². The molecule has 7 nitrogen and oxygen atoms in total. The Morgan fingerprint density at radius 3 is 3.17 bits per heavy atom. The second-order valence-corrected chi connectivity index (χ2v) is 6.25. The van der Waals surface area contributed by atoms with Crippen LogP contribution in [0.2, 0.25) is 0 Å². The van der Waals surface area contributed by atoms with Gasteiger partial charge in [-0.3, -0.25) is 14.5 Å². The van der Waals surface area contributed by atoms with Crippen molar-refractivity contribution in [2.45, 2.75) is 43.9 Å². The van der Waals surface area contributed by atoms with E-state index in [9.17, 15) is 9.59 Å². The Morgan fingerprint density at radius 2 is 2.39 bits per heavy atom. The summed E-state index contributed by atoms with van der Waals surface area (Å²) in [4.78, 5) is 26.3. The Morgan fingerprint density at radius 1 is 1.52 bits per heavy atom. The molecule has 1 aromatic heterocycles. The molecule has 0 aliphatic carbocycles. The van der Waals surface area contributed by atoms with Crippen LogP contribution in [0.4, 0.5) is 0 Å². The van der Waals surface area contributed by atoms with Gasteiger partial charge in [-0.25, -0.2) is 0 Å². The highest BCUT2D eigenvalue weighted by Gasteiger charge is 2.40. The molecule has 23 heavy (non-hydrogen) atoms. The molecule has 3 heterocycles. The first kappa shape index (κ1) is 16.0. The van der Waals surface area contributed by atoms with Crippen LogP contribution in [0.15, 0.2) is 22.8 Å². The number of likely N-dealkylation sites (N-methyl/N-ethyl adjacent to an activating group) is 1. The number of nitrogens with zero attached hydrogens (tertiary/aromatic N) is 1. The van der Waals surface area contributed by atoms with Crippen molar-refractivity contribution in [1.82, 2.24) is 20.9 Å². The van der Waals surface area contributed by atoms with Gasteiger partial charge in [0.25, 0.3) is 0 Å². The summed E-state index contributed by atoms with van der Waals surface area (Å²) in [5.41, 5.74) is 0. The molecule has 2 saturated heterocycles. The van der Waals surface area contributed by atoms with Crippen molar-refractivity contribution >= 4 is 11.8 Å². The highest BCUT2D eigenvalue weighted by molar-refractivity contribution is 5.83. The summed E-state index contributed by atoms with van der Waals surface area (Å²) in [6.07, 6.45) is 3.73. The fourth-order valence-corrected chi connectivity index (χ4v) is 3.43. The molecule has 126 valence electrons. The number of carbonyl (C=O) groups is 2. The van der Waals surface area contributed by atoms with Crippen LogP contribution in [0.5, 0.6) is 0 Å². The molecule has 1 aromatic rings. The number of fused-ring (bicyclic) bond motifs is 1. The van der Waals surface area contributed by atoms with Gasteiger partial charge in [-0.05, 0) is 38.6 Å². The predicted molar refractivity (Wildman–Crippen MR) is 84.5 cm³/mol. The van der Waals surface area contributed by atoms with Crippen LogP contribution < -0.4 is 16.0 Å². The lowest BCUT2D eigenvalue weighted by molar-refractivity contribution is -0.123. The van der Waals surface area contributed by atoms with Gasteiger partial charge in [-0.15, -0.1) is 0 Å². The highest BCUT2D eigenvalue weighted by Crippen LogP contribution is 2.21. The Balaban J connectivity index is 1.48. The second kappa shape index (κ2) is 7.14. The first-order valence-corrected chi connectivity index (χ1v) is 8.17. The lowest BCUT2D eigenvalue weighted by Gasteiger charge is -2.31. The van der Waals surface area contributed by atoms with Gasteiger partial charge in [-0.1, -0.05) is 0 Å². The molecule has 2 fully saturated rings. The van der Waals surface area contributed by atoms with Crippen LogP contribution in [0, 0.1) is 0 Å². The van der Waals surface area contributed by atoms with E-state index in [0.29, 0.717) is 19.5 Å². The van der Waals surface area contributed by atoms with Crippen LogP contribution in [0.3, 0.4) is 0 Å². The number of rotatable bonds is 5. The van der Waals surface area contributed by atoms with E-state index in [1.165, 1.54) is 0 Å². The number of hydrogen-bond acceptors (Lipinski definition) is 5. The van der Waals surface area contributed by atoms with E-state index >= 15 is 0 Å². The van der Waals surface area contributed by atoms with Crippen molar-refractivity contribution < 1.29 is 14.0 Å². The smallest absolute Gasteiger partial charge is 0.238 e. The Bertz CT molecular complexity index is 546. The molecule has 0 saturated carbocycles. The van der Waals surface area contributed by atoms with Crippen LogP contribution in [-0.4, -0.2) is 55.0 Å². The molecule has 7 heteroatoms. The number of amides is 2. The maximum Gasteiger partial charge on any atom is 0.238 e. The SMILES string of the molecule is CN1C(CCC(=O)NCc2ccco2)CNC(=O)C2NCCC21. The number of carbonyl (C=O) groups excluding carboxylic acids is 2. The van der Waals surface area contributed by atoms with Gasteiger partial charge >= 0.3 is 0 Å². The molecule has 0 radical (unpaired) electrons. The zero-order valence-electron chi connectivity index (χ0n) is 13.4. The van der Waals surface area contributed by atoms with Crippen LogP contribution >= 0.6 is 0 Å². The zero-order chi connectivity index (χ0) is 16.2. The highest BCUT2D eigenvalue weighted by atomic mass is 16.3. The maximum absolute atomic E-state index is 12.1. The molecule has 2 aliphatic rings. The van der Waals surface area contributed by atoms with Crippen LogP contribution in [0.1, 0.15) is 25.0 Å². The van der Waals surface area contributed by atoms with E-state index in [1.807, 2.05) is 6.07 Å². The molecule has 0 bridgehead atoms. The van der Waals surface area contributed by atoms with Gasteiger partial charge in [0.05, 0.1) is 12.8 Å². The van der Waals surface area contributed by atoms with Gasteiger partial charge in [0.15, 0.2) is 0 Å². The van der Waals surface area contributed by atoms with E-state index < -0.39 is 0 Å². The Kier molecular flexibility index (Phi) is 4.97. The summed E-state index contributed by atoms with van der Waals surface area (Å²) < 4.78 is 5.19. The molecule has 0 spiro atoms. The average molecular weight is 320 g/mol. The van der Waals surface area contributed by atoms with E-state index in [-0.39, 0.29) is 29.9 Å². The number of furan rings is 1. The molecule has 2 aliphatic heterocycles.